The van der Waals surface area contributed by atoms with Crippen LogP contribution in [-0.2, 0) is 23.9 Å². The van der Waals surface area contributed by atoms with Crippen molar-refractivity contribution in [3.8, 4) is 0 Å². The van der Waals surface area contributed by atoms with Crippen molar-refractivity contribution in [2.24, 2.45) is 11.8 Å². The topological polar surface area (TPSA) is 119 Å². The highest BCUT2D eigenvalue weighted by atomic mass is 16.5. The van der Waals surface area contributed by atoms with Crippen molar-refractivity contribution in [1.29, 1.82) is 0 Å². The largest absolute Gasteiger partial charge is 0.462 e. The van der Waals surface area contributed by atoms with Crippen molar-refractivity contribution in [3.63, 3.8) is 0 Å². The van der Waals surface area contributed by atoms with Crippen LogP contribution in [0.2, 0.25) is 0 Å². The molecule has 2 aliphatic rings. The molecule has 1 saturated heterocycles. The predicted octanol–water partition coefficient (Wildman–Crippen LogP) is 3.89. The van der Waals surface area contributed by atoms with Gasteiger partial charge in [-0.25, -0.2) is 9.59 Å². The van der Waals surface area contributed by atoms with Crippen LogP contribution in [0.25, 0.3) is 0 Å². The molecule has 0 bridgehead atoms. The van der Waals surface area contributed by atoms with Gasteiger partial charge >= 0.3 is 11.9 Å². The fourth-order valence-corrected chi connectivity index (χ4v) is 4.32. The van der Waals surface area contributed by atoms with E-state index in [-0.39, 0.29) is 29.2 Å². The number of rotatable bonds is 9. The molecule has 0 unspecified atom stereocenters. The number of nitrogens with one attached hydrogen (secondary N) is 1. The van der Waals surface area contributed by atoms with Gasteiger partial charge in [-0.15, -0.1) is 0 Å². The zero-order valence-electron chi connectivity index (χ0n) is 20.5. The Kier molecular flexibility index (Phi) is 8.12. The molecule has 1 N–H and O–H groups in total. The van der Waals surface area contributed by atoms with Gasteiger partial charge in [0.1, 0.15) is 0 Å². The Bertz CT molecular complexity index is 1210. The number of hydrogen-bond acceptors (Lipinski definition) is 7. The molecule has 1 aliphatic heterocycles. The molecule has 9 heteroatoms. The second-order valence-corrected chi connectivity index (χ2v) is 8.91. The lowest BCUT2D eigenvalue weighted by atomic mass is 9.85. The third-order valence-corrected chi connectivity index (χ3v) is 6.32. The molecular formula is C28H28N2O7. The number of hydrogen-bond donors (Lipinski definition) is 1. The average Bonchev–Trinajstić information content (AvgIpc) is 3.17. The van der Waals surface area contributed by atoms with E-state index >= 15 is 0 Å². The van der Waals surface area contributed by atoms with Gasteiger partial charge in [0.2, 0.25) is 11.8 Å². The van der Waals surface area contributed by atoms with E-state index in [0.29, 0.717) is 36.4 Å². The SMILES string of the molecule is CCCCOC(=O)c1ccc(NC(=O)COC(=O)c2cccc(N3C(=O)[C@H]4CC=CC[C@@H]4C3=O)c2)cc1. The number of unbranched alkanes of at least 4 members (excludes halogenated alkanes) is 1. The fraction of sp³-hybridized carbons (Fsp3) is 0.321. The smallest absolute Gasteiger partial charge is 0.338 e. The quantitative estimate of drug-likeness (QED) is 0.238. The van der Waals surface area contributed by atoms with E-state index in [4.69, 9.17) is 9.47 Å². The number of ether oxygens (including phenoxy) is 2. The van der Waals surface area contributed by atoms with Crippen molar-refractivity contribution in [3.05, 3.63) is 71.8 Å². The third kappa shape index (κ3) is 5.94. The normalized spacial score (nSPS) is 18.4. The van der Waals surface area contributed by atoms with Crippen LogP contribution in [0.5, 0.6) is 0 Å². The lowest BCUT2D eigenvalue weighted by Gasteiger charge is -2.15. The molecule has 0 aromatic heterocycles. The molecule has 2 aromatic rings. The van der Waals surface area contributed by atoms with Crippen LogP contribution >= 0.6 is 0 Å². The molecule has 1 aliphatic carbocycles. The van der Waals surface area contributed by atoms with Gasteiger partial charge in [-0.2, -0.15) is 0 Å². The maximum Gasteiger partial charge on any atom is 0.338 e. The maximum atomic E-state index is 12.8. The Balaban J connectivity index is 1.31. The zero-order valence-corrected chi connectivity index (χ0v) is 20.5. The highest BCUT2D eigenvalue weighted by Gasteiger charge is 2.47. The van der Waals surface area contributed by atoms with Crippen molar-refractivity contribution in [2.45, 2.75) is 32.6 Å². The van der Waals surface area contributed by atoms with Crippen molar-refractivity contribution in [1.82, 2.24) is 0 Å². The first-order valence-electron chi connectivity index (χ1n) is 12.3. The Morgan fingerprint density at radius 1 is 0.892 bits per heavy atom. The van der Waals surface area contributed by atoms with Gasteiger partial charge in [0, 0.05) is 5.69 Å². The standard InChI is InChI=1S/C28H28N2O7/c1-2-3-15-36-27(34)18-11-13-20(14-12-18)29-24(31)17-37-28(35)19-7-6-8-21(16-19)30-25(32)22-9-4-5-10-23(22)26(30)33/h4-8,11-14,16,22-23H,2-3,9-10,15,17H2,1H3,(H,29,31)/t22-,23-/m0/s1. The summed E-state index contributed by atoms with van der Waals surface area (Å²) < 4.78 is 10.3. The summed E-state index contributed by atoms with van der Waals surface area (Å²) in [5.41, 5.74) is 1.21. The fourth-order valence-electron chi connectivity index (χ4n) is 4.32. The van der Waals surface area contributed by atoms with Gasteiger partial charge in [-0.1, -0.05) is 31.6 Å². The predicted molar refractivity (Wildman–Crippen MR) is 135 cm³/mol. The van der Waals surface area contributed by atoms with Crippen LogP contribution in [0.1, 0.15) is 53.3 Å². The summed E-state index contributed by atoms with van der Waals surface area (Å²) in [6.45, 7) is 1.81. The minimum atomic E-state index is -0.764. The number of nitrogens with zero attached hydrogens (tertiary/aromatic N) is 1. The zero-order chi connectivity index (χ0) is 26.4. The summed E-state index contributed by atoms with van der Waals surface area (Å²) in [5, 5.41) is 2.59. The summed E-state index contributed by atoms with van der Waals surface area (Å²) in [7, 11) is 0. The van der Waals surface area contributed by atoms with E-state index in [1.54, 1.807) is 24.3 Å². The van der Waals surface area contributed by atoms with E-state index in [2.05, 4.69) is 5.32 Å². The van der Waals surface area contributed by atoms with E-state index in [0.717, 1.165) is 17.7 Å². The van der Waals surface area contributed by atoms with E-state index < -0.39 is 24.5 Å². The second kappa shape index (κ2) is 11.6. The van der Waals surface area contributed by atoms with Crippen LogP contribution in [0, 0.1) is 11.8 Å². The number of amides is 3. The Morgan fingerprint density at radius 2 is 1.54 bits per heavy atom. The highest BCUT2D eigenvalue weighted by molar-refractivity contribution is 6.22. The van der Waals surface area contributed by atoms with Gasteiger partial charge in [-0.3, -0.25) is 19.3 Å². The number of anilines is 2. The van der Waals surface area contributed by atoms with E-state index in [9.17, 15) is 24.0 Å². The lowest BCUT2D eigenvalue weighted by Crippen LogP contribution is -2.31. The van der Waals surface area contributed by atoms with E-state index in [1.165, 1.54) is 24.3 Å². The number of imide groups is 1. The molecule has 2 aromatic carbocycles. The van der Waals surface area contributed by atoms with Gasteiger partial charge in [0.05, 0.1) is 35.3 Å². The van der Waals surface area contributed by atoms with Crippen LogP contribution in [-0.4, -0.2) is 42.9 Å². The number of allylic oxidation sites excluding steroid dienone is 2. The second-order valence-electron chi connectivity index (χ2n) is 8.91. The number of esters is 2. The molecule has 0 radical (unpaired) electrons. The third-order valence-electron chi connectivity index (χ3n) is 6.32. The molecule has 0 spiro atoms. The monoisotopic (exact) mass is 504 g/mol. The van der Waals surface area contributed by atoms with Gasteiger partial charge < -0.3 is 14.8 Å². The summed E-state index contributed by atoms with van der Waals surface area (Å²) in [4.78, 5) is 63.5. The number of carbonyl (C=O) groups excluding carboxylic acids is 5. The molecule has 2 atom stereocenters. The van der Waals surface area contributed by atoms with Crippen molar-refractivity contribution in [2.75, 3.05) is 23.4 Å². The number of fused-ring (bicyclic) bond motifs is 1. The van der Waals surface area contributed by atoms with Gasteiger partial charge in [0.25, 0.3) is 5.91 Å². The molecule has 0 saturated carbocycles. The molecule has 192 valence electrons. The Morgan fingerprint density at radius 3 is 2.19 bits per heavy atom. The van der Waals surface area contributed by atoms with Crippen molar-refractivity contribution >= 4 is 41.0 Å². The summed E-state index contributed by atoms with van der Waals surface area (Å²) >= 11 is 0. The molecule has 1 heterocycles. The first kappa shape index (κ1) is 25.8. The Labute approximate surface area is 214 Å². The Hall–Kier alpha value is -4.27. The molecule has 3 amide bonds. The first-order valence-corrected chi connectivity index (χ1v) is 12.3. The maximum absolute atomic E-state index is 12.8. The molecule has 4 rings (SSSR count). The van der Waals surface area contributed by atoms with E-state index in [1.807, 2.05) is 19.1 Å². The average molecular weight is 505 g/mol. The highest BCUT2D eigenvalue weighted by Crippen LogP contribution is 2.37. The minimum absolute atomic E-state index is 0.116. The molecular weight excluding hydrogens is 476 g/mol. The molecule has 9 nitrogen and oxygen atoms in total. The number of carbonyl (C=O) groups is 5. The van der Waals surface area contributed by atoms with Gasteiger partial charge in [-0.05, 0) is 61.7 Å². The van der Waals surface area contributed by atoms with Crippen molar-refractivity contribution < 1.29 is 33.4 Å². The van der Waals surface area contributed by atoms with Crippen LogP contribution in [0.3, 0.4) is 0 Å². The summed E-state index contributed by atoms with van der Waals surface area (Å²) in [5.74, 6) is -3.07. The van der Waals surface area contributed by atoms with Crippen LogP contribution in [0.4, 0.5) is 11.4 Å². The van der Waals surface area contributed by atoms with Crippen LogP contribution in [0.15, 0.2) is 60.7 Å². The lowest BCUT2D eigenvalue weighted by molar-refractivity contribution is -0.122. The summed E-state index contributed by atoms with van der Waals surface area (Å²) in [6.07, 6.45) is 6.57. The van der Waals surface area contributed by atoms with Gasteiger partial charge in [0.15, 0.2) is 6.61 Å². The molecule has 37 heavy (non-hydrogen) atoms. The first-order chi connectivity index (χ1) is 17.9. The van der Waals surface area contributed by atoms with Crippen LogP contribution < -0.4 is 10.2 Å². The number of benzene rings is 2. The summed E-state index contributed by atoms with van der Waals surface area (Å²) in [6, 6.07) is 12.2. The molecule has 1 fully saturated rings. The minimum Gasteiger partial charge on any atom is -0.462 e.